The SMILES string of the molecule is CN(C)CCCCNC(c1ccccc1)c1ccco1. The Hall–Kier alpha value is -1.58. The third-order valence-electron chi connectivity index (χ3n) is 3.34. The van der Waals surface area contributed by atoms with Gasteiger partial charge in [0.1, 0.15) is 5.76 Å². The largest absolute Gasteiger partial charge is 0.467 e. The first-order valence-electron chi connectivity index (χ1n) is 7.24. The first-order valence-corrected chi connectivity index (χ1v) is 7.24. The molecule has 1 atom stereocenters. The molecule has 0 aliphatic rings. The Morgan fingerprint density at radius 3 is 2.50 bits per heavy atom. The van der Waals surface area contributed by atoms with Crippen LogP contribution in [0.5, 0.6) is 0 Å². The number of hydrogen-bond donors (Lipinski definition) is 1. The number of hydrogen-bond acceptors (Lipinski definition) is 3. The smallest absolute Gasteiger partial charge is 0.125 e. The molecule has 3 nitrogen and oxygen atoms in total. The number of nitrogens with one attached hydrogen (secondary N) is 1. The highest BCUT2D eigenvalue weighted by Crippen LogP contribution is 2.22. The lowest BCUT2D eigenvalue weighted by atomic mass is 10.0. The summed E-state index contributed by atoms with van der Waals surface area (Å²) in [6, 6.07) is 14.6. The fraction of sp³-hybridized carbons (Fsp3) is 0.412. The second-order valence-electron chi connectivity index (χ2n) is 5.32. The fourth-order valence-corrected chi connectivity index (χ4v) is 2.28. The molecule has 1 aromatic carbocycles. The average molecular weight is 272 g/mol. The van der Waals surface area contributed by atoms with E-state index in [2.05, 4.69) is 48.6 Å². The van der Waals surface area contributed by atoms with Crippen LogP contribution in [0.1, 0.15) is 30.2 Å². The quantitative estimate of drug-likeness (QED) is 0.747. The van der Waals surface area contributed by atoms with Crippen molar-refractivity contribution in [2.75, 3.05) is 27.2 Å². The molecule has 1 unspecified atom stereocenters. The number of benzene rings is 1. The van der Waals surface area contributed by atoms with E-state index in [0.717, 1.165) is 18.8 Å². The van der Waals surface area contributed by atoms with Crippen molar-refractivity contribution in [3.05, 3.63) is 60.1 Å². The zero-order valence-corrected chi connectivity index (χ0v) is 12.4. The molecule has 0 radical (unpaired) electrons. The zero-order chi connectivity index (χ0) is 14.2. The van der Waals surface area contributed by atoms with E-state index in [-0.39, 0.29) is 6.04 Å². The summed E-state index contributed by atoms with van der Waals surface area (Å²) in [6.45, 7) is 2.13. The number of furan rings is 1. The van der Waals surface area contributed by atoms with Gasteiger partial charge in [0.05, 0.1) is 12.3 Å². The Morgan fingerprint density at radius 2 is 1.85 bits per heavy atom. The van der Waals surface area contributed by atoms with Gasteiger partial charge < -0.3 is 14.6 Å². The third-order valence-corrected chi connectivity index (χ3v) is 3.34. The summed E-state index contributed by atoms with van der Waals surface area (Å²) in [6.07, 6.45) is 4.11. The van der Waals surface area contributed by atoms with Gasteiger partial charge in [0.2, 0.25) is 0 Å². The molecule has 108 valence electrons. The minimum Gasteiger partial charge on any atom is -0.467 e. The summed E-state index contributed by atoms with van der Waals surface area (Å²) in [4.78, 5) is 2.22. The second-order valence-corrected chi connectivity index (χ2v) is 5.32. The number of nitrogens with zero attached hydrogens (tertiary/aromatic N) is 1. The molecule has 3 heteroatoms. The summed E-state index contributed by atoms with van der Waals surface area (Å²) in [5, 5.41) is 3.60. The second kappa shape index (κ2) is 7.88. The molecule has 0 saturated carbocycles. The maximum Gasteiger partial charge on any atom is 0.125 e. The molecule has 0 aliphatic heterocycles. The zero-order valence-electron chi connectivity index (χ0n) is 12.4. The lowest BCUT2D eigenvalue weighted by molar-refractivity contribution is 0.385. The van der Waals surface area contributed by atoms with E-state index in [9.17, 15) is 0 Å². The van der Waals surface area contributed by atoms with Crippen LogP contribution in [-0.4, -0.2) is 32.1 Å². The average Bonchev–Trinajstić information content (AvgIpc) is 2.97. The summed E-state index contributed by atoms with van der Waals surface area (Å²) < 4.78 is 5.57. The van der Waals surface area contributed by atoms with Crippen molar-refractivity contribution < 1.29 is 4.42 Å². The molecule has 2 rings (SSSR count). The molecule has 0 amide bonds. The highest BCUT2D eigenvalue weighted by atomic mass is 16.3. The normalized spacial score (nSPS) is 12.8. The van der Waals surface area contributed by atoms with Crippen LogP contribution >= 0.6 is 0 Å². The van der Waals surface area contributed by atoms with Gasteiger partial charge in [-0.15, -0.1) is 0 Å². The van der Waals surface area contributed by atoms with Crippen molar-refractivity contribution in [3.63, 3.8) is 0 Å². The van der Waals surface area contributed by atoms with Gasteiger partial charge in [0.15, 0.2) is 0 Å². The summed E-state index contributed by atoms with van der Waals surface area (Å²) >= 11 is 0. The lowest BCUT2D eigenvalue weighted by Gasteiger charge is -2.17. The highest BCUT2D eigenvalue weighted by Gasteiger charge is 2.15. The molecule has 0 bridgehead atoms. The van der Waals surface area contributed by atoms with Crippen molar-refractivity contribution in [2.24, 2.45) is 0 Å². The van der Waals surface area contributed by atoms with E-state index >= 15 is 0 Å². The third kappa shape index (κ3) is 4.51. The molecule has 1 N–H and O–H groups in total. The van der Waals surface area contributed by atoms with Gasteiger partial charge in [-0.1, -0.05) is 30.3 Å². The Bertz CT molecular complexity index is 465. The van der Waals surface area contributed by atoms with Gasteiger partial charge in [-0.2, -0.15) is 0 Å². The van der Waals surface area contributed by atoms with Crippen LogP contribution in [0.4, 0.5) is 0 Å². The molecule has 0 saturated heterocycles. The van der Waals surface area contributed by atoms with E-state index in [4.69, 9.17) is 4.42 Å². The van der Waals surface area contributed by atoms with E-state index in [1.54, 1.807) is 6.26 Å². The van der Waals surface area contributed by atoms with Gasteiger partial charge in [-0.3, -0.25) is 0 Å². The molecule has 0 fully saturated rings. The fourth-order valence-electron chi connectivity index (χ4n) is 2.28. The molecular weight excluding hydrogens is 248 g/mol. The summed E-state index contributed by atoms with van der Waals surface area (Å²) in [5.41, 5.74) is 1.25. The maximum atomic E-state index is 5.57. The monoisotopic (exact) mass is 272 g/mol. The van der Waals surface area contributed by atoms with Gasteiger partial charge in [-0.25, -0.2) is 0 Å². The summed E-state index contributed by atoms with van der Waals surface area (Å²) in [7, 11) is 4.23. The number of rotatable bonds is 8. The molecular formula is C17H24N2O. The lowest BCUT2D eigenvalue weighted by Crippen LogP contribution is -2.24. The van der Waals surface area contributed by atoms with Crippen LogP contribution in [0.2, 0.25) is 0 Å². The standard InChI is InChI=1S/C17H24N2O/c1-19(2)13-7-6-12-18-17(16-11-8-14-20-16)15-9-4-3-5-10-15/h3-5,8-11,14,17-18H,6-7,12-13H2,1-2H3. The van der Waals surface area contributed by atoms with E-state index in [1.807, 2.05) is 18.2 Å². The van der Waals surface area contributed by atoms with Crippen LogP contribution in [0, 0.1) is 0 Å². The molecule has 2 aromatic rings. The van der Waals surface area contributed by atoms with E-state index in [1.165, 1.54) is 18.4 Å². The van der Waals surface area contributed by atoms with Crippen LogP contribution in [0.25, 0.3) is 0 Å². The van der Waals surface area contributed by atoms with Gasteiger partial charge >= 0.3 is 0 Å². The van der Waals surface area contributed by atoms with Crippen LogP contribution in [-0.2, 0) is 0 Å². The minimum atomic E-state index is 0.144. The predicted octanol–water partition coefficient (Wildman–Crippen LogP) is 3.30. The van der Waals surface area contributed by atoms with Gasteiger partial charge in [-0.05, 0) is 57.7 Å². The Morgan fingerprint density at radius 1 is 1.05 bits per heavy atom. The predicted molar refractivity (Wildman–Crippen MR) is 82.8 cm³/mol. The molecule has 1 heterocycles. The molecule has 0 spiro atoms. The first-order chi connectivity index (χ1) is 9.77. The van der Waals surface area contributed by atoms with Crippen molar-refractivity contribution in [2.45, 2.75) is 18.9 Å². The van der Waals surface area contributed by atoms with Gasteiger partial charge in [0, 0.05) is 0 Å². The molecule has 1 aromatic heterocycles. The van der Waals surface area contributed by atoms with Crippen molar-refractivity contribution in [1.82, 2.24) is 10.2 Å². The Balaban J connectivity index is 1.91. The van der Waals surface area contributed by atoms with Crippen molar-refractivity contribution >= 4 is 0 Å². The van der Waals surface area contributed by atoms with Crippen LogP contribution < -0.4 is 5.32 Å². The van der Waals surface area contributed by atoms with Gasteiger partial charge in [0.25, 0.3) is 0 Å². The number of unbranched alkanes of at least 4 members (excludes halogenated alkanes) is 1. The van der Waals surface area contributed by atoms with Crippen LogP contribution in [0.15, 0.2) is 53.1 Å². The molecule has 0 aliphatic carbocycles. The van der Waals surface area contributed by atoms with Crippen molar-refractivity contribution in [1.29, 1.82) is 0 Å². The topological polar surface area (TPSA) is 28.4 Å². The highest BCUT2D eigenvalue weighted by molar-refractivity contribution is 5.26. The first kappa shape index (κ1) is 14.8. The Labute approximate surface area is 121 Å². The van der Waals surface area contributed by atoms with E-state index < -0.39 is 0 Å². The Kier molecular flexibility index (Phi) is 5.84. The van der Waals surface area contributed by atoms with Crippen molar-refractivity contribution in [3.8, 4) is 0 Å². The van der Waals surface area contributed by atoms with E-state index in [0.29, 0.717) is 0 Å². The maximum absolute atomic E-state index is 5.57. The summed E-state index contributed by atoms with van der Waals surface area (Å²) in [5.74, 6) is 0.976. The minimum absolute atomic E-state index is 0.144. The molecule has 20 heavy (non-hydrogen) atoms. The van der Waals surface area contributed by atoms with Crippen LogP contribution in [0.3, 0.4) is 0 Å².